The van der Waals surface area contributed by atoms with E-state index in [2.05, 4.69) is 27.5 Å². The molecule has 2 unspecified atom stereocenters. The largest absolute Gasteiger partial charge is 0.573 e. The number of hydrogen-bond acceptors (Lipinski definition) is 4. The molecule has 0 bridgehead atoms. The Balaban J connectivity index is 1.38. The molecule has 7 nitrogen and oxygen atoms in total. The summed E-state index contributed by atoms with van der Waals surface area (Å²) >= 11 is 0. The summed E-state index contributed by atoms with van der Waals surface area (Å²) in [6.45, 7) is 1.86. The van der Waals surface area contributed by atoms with Crippen LogP contribution in [0.25, 0.3) is 11.1 Å². The number of carboxylic acids is 1. The zero-order valence-corrected chi connectivity index (χ0v) is 27.8. The maximum absolute atomic E-state index is 14.2. The summed E-state index contributed by atoms with van der Waals surface area (Å²) in [5, 5.41) is 14.6. The van der Waals surface area contributed by atoms with Gasteiger partial charge in [0.2, 0.25) is 5.91 Å². The molecule has 1 saturated carbocycles. The van der Waals surface area contributed by atoms with E-state index in [1.807, 2.05) is 31.2 Å². The van der Waals surface area contributed by atoms with Crippen molar-refractivity contribution in [1.29, 1.82) is 0 Å². The minimum atomic E-state index is -4.82. The van der Waals surface area contributed by atoms with Crippen molar-refractivity contribution >= 4 is 17.8 Å². The van der Waals surface area contributed by atoms with Crippen LogP contribution in [0.1, 0.15) is 95.9 Å². The van der Waals surface area contributed by atoms with Crippen molar-refractivity contribution in [3.8, 4) is 16.9 Å². The van der Waals surface area contributed by atoms with Crippen LogP contribution in [0.3, 0.4) is 0 Å². The second kappa shape index (κ2) is 16.5. The number of carboxylic acid groups (broad SMARTS) is 1. The van der Waals surface area contributed by atoms with Crippen molar-refractivity contribution in [2.75, 3.05) is 6.54 Å². The van der Waals surface area contributed by atoms with Gasteiger partial charge in [0.1, 0.15) is 5.75 Å². The predicted octanol–water partition coefficient (Wildman–Crippen LogP) is 8.71. The first-order chi connectivity index (χ1) is 24.0. The predicted molar refractivity (Wildman–Crippen MR) is 185 cm³/mol. The van der Waals surface area contributed by atoms with Crippen molar-refractivity contribution in [3.05, 3.63) is 125 Å². The molecule has 2 atom stereocenters. The van der Waals surface area contributed by atoms with Gasteiger partial charge in [-0.2, -0.15) is 0 Å². The highest BCUT2D eigenvalue weighted by Gasteiger charge is 2.31. The van der Waals surface area contributed by atoms with E-state index in [1.54, 1.807) is 42.5 Å². The first-order valence-electron chi connectivity index (χ1n) is 16.9. The van der Waals surface area contributed by atoms with E-state index in [9.17, 15) is 27.6 Å². The lowest BCUT2D eigenvalue weighted by atomic mass is 9.82. The molecule has 0 radical (unpaired) electrons. The number of rotatable bonds is 13. The highest BCUT2D eigenvalue weighted by atomic mass is 19.4. The van der Waals surface area contributed by atoms with Crippen molar-refractivity contribution in [2.45, 2.75) is 76.1 Å². The normalized spacial score (nSPS) is 14.7. The third-order valence-corrected chi connectivity index (χ3v) is 9.18. The number of carbonyl (C=O) groups excluding carboxylic acids is 2. The Morgan fingerprint density at radius 3 is 2.26 bits per heavy atom. The Kier molecular flexibility index (Phi) is 12.0. The zero-order chi connectivity index (χ0) is 35.7. The average molecular weight is 687 g/mol. The van der Waals surface area contributed by atoms with E-state index in [-0.39, 0.29) is 30.5 Å². The highest BCUT2D eigenvalue weighted by molar-refractivity contribution is 5.94. The fourth-order valence-corrected chi connectivity index (χ4v) is 6.60. The zero-order valence-electron chi connectivity index (χ0n) is 27.8. The second-order valence-electron chi connectivity index (χ2n) is 12.7. The van der Waals surface area contributed by atoms with E-state index >= 15 is 0 Å². The number of ether oxygens (including phenoxy) is 1. The van der Waals surface area contributed by atoms with Crippen LogP contribution in [0.4, 0.5) is 13.2 Å². The third kappa shape index (κ3) is 9.96. The summed E-state index contributed by atoms with van der Waals surface area (Å²) in [7, 11) is 0. The fraction of sp³-hybridized carbons (Fsp3) is 0.325. The van der Waals surface area contributed by atoms with Crippen LogP contribution in [0.15, 0.2) is 97.1 Å². The molecule has 5 rings (SSSR count). The maximum atomic E-state index is 14.2. The molecule has 0 aromatic heterocycles. The van der Waals surface area contributed by atoms with E-state index in [0.29, 0.717) is 29.0 Å². The van der Waals surface area contributed by atoms with Crippen LogP contribution < -0.4 is 15.4 Å². The van der Waals surface area contributed by atoms with Crippen LogP contribution in [0.2, 0.25) is 0 Å². The summed E-state index contributed by atoms with van der Waals surface area (Å²) in [5.41, 5.74) is 5.24. The van der Waals surface area contributed by atoms with Gasteiger partial charge in [0.25, 0.3) is 5.91 Å². The molecule has 1 fully saturated rings. The van der Waals surface area contributed by atoms with Gasteiger partial charge in [-0.25, -0.2) is 0 Å². The van der Waals surface area contributed by atoms with Crippen LogP contribution in [0, 0.1) is 0 Å². The summed E-state index contributed by atoms with van der Waals surface area (Å²) in [6.07, 6.45) is 1.34. The van der Waals surface area contributed by atoms with E-state index in [4.69, 9.17) is 5.11 Å². The summed E-state index contributed by atoms with van der Waals surface area (Å²) < 4.78 is 42.9. The van der Waals surface area contributed by atoms with Crippen molar-refractivity contribution in [1.82, 2.24) is 10.6 Å². The smallest absolute Gasteiger partial charge is 0.481 e. The average Bonchev–Trinajstić information content (AvgIpc) is 3.10. The molecule has 262 valence electrons. The number of benzene rings is 4. The molecule has 4 aromatic rings. The van der Waals surface area contributed by atoms with Crippen molar-refractivity contribution in [3.63, 3.8) is 0 Å². The van der Waals surface area contributed by atoms with Crippen LogP contribution in [0.5, 0.6) is 5.75 Å². The molecular formula is C40H41F3N2O5. The van der Waals surface area contributed by atoms with E-state index < -0.39 is 24.3 Å². The first-order valence-corrected chi connectivity index (χ1v) is 16.9. The van der Waals surface area contributed by atoms with E-state index in [0.717, 1.165) is 29.5 Å². The molecule has 50 heavy (non-hydrogen) atoms. The van der Waals surface area contributed by atoms with Crippen LogP contribution in [-0.2, 0) is 16.0 Å². The molecule has 4 aromatic carbocycles. The van der Waals surface area contributed by atoms with Crippen molar-refractivity contribution < 1.29 is 37.4 Å². The minimum Gasteiger partial charge on any atom is -0.481 e. The minimum absolute atomic E-state index is 0.0170. The van der Waals surface area contributed by atoms with E-state index in [1.165, 1.54) is 43.0 Å². The number of halogens is 3. The lowest BCUT2D eigenvalue weighted by Crippen LogP contribution is -2.33. The van der Waals surface area contributed by atoms with Gasteiger partial charge in [-0.3, -0.25) is 14.4 Å². The number of carbonyl (C=O) groups is 3. The van der Waals surface area contributed by atoms with Crippen LogP contribution in [-0.4, -0.2) is 35.8 Å². The molecule has 0 heterocycles. The molecule has 1 aliphatic carbocycles. The Bertz CT molecular complexity index is 1770. The van der Waals surface area contributed by atoms with Gasteiger partial charge < -0.3 is 20.5 Å². The molecule has 2 amide bonds. The Morgan fingerprint density at radius 1 is 0.880 bits per heavy atom. The lowest BCUT2D eigenvalue weighted by molar-refractivity contribution is -0.274. The SMILES string of the molecule is CC(NC(=O)C(Cc1ccc(C(=O)NCCC(=O)O)cc1)c1ccc(C2CCCCC2)cc1)c1ccccc1-c1cccc(OC(F)(F)F)c1. The topological polar surface area (TPSA) is 105 Å². The fourth-order valence-electron chi connectivity index (χ4n) is 6.60. The van der Waals surface area contributed by atoms with Gasteiger partial charge in [-0.15, -0.1) is 13.2 Å². The number of aliphatic carboxylic acids is 1. The maximum Gasteiger partial charge on any atom is 0.573 e. The first kappa shape index (κ1) is 36.2. The van der Waals surface area contributed by atoms with Gasteiger partial charge in [0, 0.05) is 12.1 Å². The number of alkyl halides is 3. The molecule has 1 aliphatic rings. The molecule has 10 heteroatoms. The third-order valence-electron chi connectivity index (χ3n) is 9.18. The Hall–Kier alpha value is -5.12. The quantitative estimate of drug-likeness (QED) is 0.131. The Labute approximate surface area is 289 Å². The summed E-state index contributed by atoms with van der Waals surface area (Å²) in [4.78, 5) is 37.4. The molecule has 0 aliphatic heterocycles. The highest BCUT2D eigenvalue weighted by Crippen LogP contribution is 2.35. The Morgan fingerprint density at radius 2 is 1.58 bits per heavy atom. The number of nitrogens with one attached hydrogen (secondary N) is 2. The molecule has 0 saturated heterocycles. The standard InChI is InChI=1S/C40H41F3N2O5/c1-26(34-12-5-6-13-35(34)32-10-7-11-33(25-32)50-40(41,42)43)45-39(49)36(30-20-18-29(19-21-30)28-8-3-2-4-9-28)24-27-14-16-31(17-15-27)38(48)44-23-22-37(46)47/h5-7,10-21,25-26,28,36H,2-4,8-9,22-24H2,1H3,(H,44,48)(H,45,49)(H,46,47). The van der Waals surface area contributed by atoms with Gasteiger partial charge in [0.15, 0.2) is 0 Å². The number of amides is 2. The lowest BCUT2D eigenvalue weighted by Gasteiger charge is -2.25. The second-order valence-corrected chi connectivity index (χ2v) is 12.7. The van der Waals surface area contributed by atoms with Crippen molar-refractivity contribution in [2.24, 2.45) is 0 Å². The molecular weight excluding hydrogens is 645 g/mol. The van der Waals surface area contributed by atoms with Gasteiger partial charge in [-0.05, 0) is 89.8 Å². The monoisotopic (exact) mass is 686 g/mol. The number of hydrogen-bond donors (Lipinski definition) is 3. The van der Waals surface area contributed by atoms with Crippen LogP contribution >= 0.6 is 0 Å². The summed E-state index contributed by atoms with van der Waals surface area (Å²) in [5.74, 6) is -2.00. The van der Waals surface area contributed by atoms with Gasteiger partial charge >= 0.3 is 12.3 Å². The van der Waals surface area contributed by atoms with Gasteiger partial charge in [0.05, 0.1) is 18.4 Å². The molecule has 0 spiro atoms. The van der Waals surface area contributed by atoms with Gasteiger partial charge in [-0.1, -0.05) is 92.1 Å². The summed E-state index contributed by atoms with van der Waals surface area (Å²) in [6, 6.07) is 27.7. The molecule has 3 N–H and O–H groups in total.